The van der Waals surface area contributed by atoms with Gasteiger partial charge >= 0.3 is 0 Å². The number of alkyl halides is 1. The summed E-state index contributed by atoms with van der Waals surface area (Å²) < 4.78 is 0.724. The van der Waals surface area contributed by atoms with E-state index in [0.29, 0.717) is 5.41 Å². The van der Waals surface area contributed by atoms with E-state index >= 15 is 0 Å². The van der Waals surface area contributed by atoms with Crippen LogP contribution in [0, 0.1) is 5.41 Å². The monoisotopic (exact) mass is 282 g/mol. The van der Waals surface area contributed by atoms with Crippen LogP contribution in [0.5, 0.6) is 0 Å². The van der Waals surface area contributed by atoms with Gasteiger partial charge in [0, 0.05) is 0 Å². The van der Waals surface area contributed by atoms with Crippen molar-refractivity contribution in [1.29, 1.82) is 0 Å². The third-order valence-corrected chi connectivity index (χ3v) is 5.44. The van der Waals surface area contributed by atoms with Crippen LogP contribution in [0.2, 0.25) is 0 Å². The Labute approximate surface area is 87.1 Å². The molecule has 0 rings (SSSR count). The van der Waals surface area contributed by atoms with E-state index in [1.807, 2.05) is 0 Å². The number of rotatable bonds is 4. The van der Waals surface area contributed by atoms with Gasteiger partial charge in [-0.1, -0.05) is 42.0 Å². The van der Waals surface area contributed by atoms with Gasteiger partial charge in [0.2, 0.25) is 0 Å². The predicted molar refractivity (Wildman–Crippen MR) is 67.9 cm³/mol. The topological polar surface area (TPSA) is 0 Å². The zero-order chi connectivity index (χ0) is 9.07. The number of hydrogen-bond acceptors (Lipinski definition) is 0. The molecular formula is C8H17BIP. The van der Waals surface area contributed by atoms with Crippen LogP contribution < -0.4 is 0 Å². The average Bonchev–Trinajstić information content (AvgIpc) is 1.83. The van der Waals surface area contributed by atoms with Gasteiger partial charge in [-0.3, -0.25) is 0 Å². The summed E-state index contributed by atoms with van der Waals surface area (Å²) in [5.74, 6) is 0. The van der Waals surface area contributed by atoms with Gasteiger partial charge < -0.3 is 0 Å². The highest BCUT2D eigenvalue weighted by Gasteiger charge is 2.25. The third-order valence-electron chi connectivity index (χ3n) is 1.81. The van der Waals surface area contributed by atoms with Gasteiger partial charge in [0.05, 0.1) is 0 Å². The molecule has 0 aromatic heterocycles. The minimum atomic E-state index is 0.397. The van der Waals surface area contributed by atoms with Gasteiger partial charge in [-0.25, -0.2) is 0 Å². The van der Waals surface area contributed by atoms with Crippen LogP contribution in [0.15, 0.2) is 12.2 Å². The summed E-state index contributed by atoms with van der Waals surface area (Å²) in [7, 11) is 2.81. The maximum Gasteiger partial charge on any atom is 0.160 e. The molecule has 64 valence electrons. The van der Waals surface area contributed by atoms with E-state index in [-0.39, 0.29) is 0 Å². The van der Waals surface area contributed by atoms with Crippen LogP contribution in [0.1, 0.15) is 27.2 Å². The molecule has 0 bridgehead atoms. The fraction of sp³-hybridized carbons (Fsp3) is 0.750. The van der Waals surface area contributed by atoms with Gasteiger partial charge in [-0.15, -0.1) is 6.58 Å². The highest BCUT2D eigenvalue weighted by Crippen LogP contribution is 2.33. The first-order chi connectivity index (χ1) is 4.90. The fourth-order valence-corrected chi connectivity index (χ4v) is 2.07. The van der Waals surface area contributed by atoms with Crippen molar-refractivity contribution in [1.82, 2.24) is 0 Å². The van der Waals surface area contributed by atoms with E-state index in [4.69, 9.17) is 0 Å². The van der Waals surface area contributed by atoms with Gasteiger partial charge in [0.1, 0.15) is 0 Å². The summed E-state index contributed by atoms with van der Waals surface area (Å²) >= 11 is 2.52. The predicted octanol–water partition coefficient (Wildman–Crippen LogP) is 2.97. The Kier molecular flexibility index (Phi) is 5.29. The largest absolute Gasteiger partial charge is 0.174 e. The molecule has 0 saturated heterocycles. The first kappa shape index (κ1) is 12.0. The van der Waals surface area contributed by atoms with Crippen molar-refractivity contribution in [2.24, 2.45) is 5.41 Å². The van der Waals surface area contributed by atoms with Crippen LogP contribution in [-0.4, -0.2) is 10.8 Å². The Hall–Kier alpha value is 0.965. The molecule has 0 saturated carbocycles. The Bertz CT molecular complexity index is 145. The van der Waals surface area contributed by atoms with Crippen molar-refractivity contribution in [2.45, 2.75) is 31.0 Å². The van der Waals surface area contributed by atoms with Gasteiger partial charge in [0.25, 0.3) is 0 Å². The standard InChI is InChI=1S/C8H17BIP/c1-6(2)5-8(3,4)7(10)9-11/h7,9H,1,5,11H2,2-4H3. The summed E-state index contributed by atoms with van der Waals surface area (Å²) in [6.45, 7) is 11.8. The number of allylic oxidation sites excluding steroid dienone is 1. The minimum Gasteiger partial charge on any atom is -0.174 e. The second-order valence-electron chi connectivity index (χ2n) is 3.83. The van der Waals surface area contributed by atoms with Crippen LogP contribution in [0.3, 0.4) is 0 Å². The second kappa shape index (κ2) is 4.86. The Balaban J connectivity index is 4.08. The Morgan fingerprint density at radius 1 is 1.73 bits per heavy atom. The van der Waals surface area contributed by atoms with E-state index in [9.17, 15) is 0 Å². The summed E-state index contributed by atoms with van der Waals surface area (Å²) in [5.41, 5.74) is 1.68. The quantitative estimate of drug-likeness (QED) is 0.244. The van der Waals surface area contributed by atoms with Crippen molar-refractivity contribution in [3.05, 3.63) is 12.2 Å². The molecule has 11 heavy (non-hydrogen) atoms. The molecule has 0 aromatic carbocycles. The zero-order valence-electron chi connectivity index (χ0n) is 7.65. The highest BCUT2D eigenvalue weighted by atomic mass is 127. The molecule has 0 aliphatic heterocycles. The zero-order valence-corrected chi connectivity index (χ0v) is 11.0. The number of halogens is 1. The average molecular weight is 282 g/mol. The van der Waals surface area contributed by atoms with Crippen LogP contribution in [0.4, 0.5) is 0 Å². The molecule has 0 nitrogen and oxygen atoms in total. The molecule has 0 N–H and O–H groups in total. The van der Waals surface area contributed by atoms with Gasteiger partial charge in [-0.2, -0.15) is 9.12 Å². The first-order valence-corrected chi connectivity index (χ1v) is 5.95. The van der Waals surface area contributed by atoms with Crippen molar-refractivity contribution in [3.63, 3.8) is 0 Å². The molecule has 0 heterocycles. The van der Waals surface area contributed by atoms with Crippen molar-refractivity contribution < 1.29 is 0 Å². The van der Waals surface area contributed by atoms with Crippen LogP contribution >= 0.6 is 31.7 Å². The second-order valence-corrected chi connectivity index (χ2v) is 5.80. The highest BCUT2D eigenvalue weighted by molar-refractivity contribution is 14.1. The van der Waals surface area contributed by atoms with Crippen molar-refractivity contribution in [3.8, 4) is 0 Å². The number of hydrogen-bond donors (Lipinski definition) is 0. The lowest BCUT2D eigenvalue weighted by Crippen LogP contribution is -2.27. The SMILES string of the molecule is C=C(C)CC(C)(C)C(I)BP. The summed E-state index contributed by atoms with van der Waals surface area (Å²) in [6.07, 6.45) is 1.13. The van der Waals surface area contributed by atoms with Gasteiger partial charge in [-0.05, 0) is 22.6 Å². The van der Waals surface area contributed by atoms with Gasteiger partial charge in [0.15, 0.2) is 7.00 Å². The maximum atomic E-state index is 3.95. The molecule has 2 atom stereocenters. The molecule has 3 heteroatoms. The van der Waals surface area contributed by atoms with E-state index in [1.165, 1.54) is 12.6 Å². The lowest BCUT2D eigenvalue weighted by Gasteiger charge is -2.29. The summed E-state index contributed by atoms with van der Waals surface area (Å²) in [4.78, 5) is 0. The normalized spacial score (nSPS) is 14.3. The van der Waals surface area contributed by atoms with Crippen LogP contribution in [0.25, 0.3) is 0 Å². The van der Waals surface area contributed by atoms with E-state index in [2.05, 4.69) is 59.1 Å². The maximum absolute atomic E-state index is 3.95. The smallest absolute Gasteiger partial charge is 0.160 e. The van der Waals surface area contributed by atoms with E-state index in [0.717, 1.165) is 10.2 Å². The van der Waals surface area contributed by atoms with E-state index in [1.54, 1.807) is 0 Å². The molecular weight excluding hydrogens is 265 g/mol. The fourth-order valence-electron chi connectivity index (χ4n) is 1.21. The molecule has 0 amide bonds. The lowest BCUT2D eigenvalue weighted by atomic mass is 9.74. The molecule has 0 fully saturated rings. The Morgan fingerprint density at radius 3 is 2.45 bits per heavy atom. The molecule has 0 aliphatic carbocycles. The molecule has 0 spiro atoms. The molecule has 0 aromatic rings. The molecule has 0 radical (unpaired) electrons. The van der Waals surface area contributed by atoms with Crippen molar-refractivity contribution in [2.75, 3.05) is 0 Å². The van der Waals surface area contributed by atoms with E-state index < -0.39 is 0 Å². The lowest BCUT2D eigenvalue weighted by molar-refractivity contribution is 0.406. The van der Waals surface area contributed by atoms with Crippen LogP contribution in [-0.2, 0) is 0 Å². The van der Waals surface area contributed by atoms with Crippen molar-refractivity contribution >= 4 is 38.7 Å². The summed E-state index contributed by atoms with van der Waals surface area (Å²) in [6, 6.07) is 0. The third kappa shape index (κ3) is 4.52. The minimum absolute atomic E-state index is 0.397. The first-order valence-electron chi connectivity index (χ1n) is 3.88. The molecule has 0 aliphatic rings. The Morgan fingerprint density at radius 2 is 2.18 bits per heavy atom. The summed E-state index contributed by atoms with van der Waals surface area (Å²) in [5, 5.41) is 0. The molecule has 2 unspecified atom stereocenters.